The van der Waals surface area contributed by atoms with E-state index in [0.717, 1.165) is 18.4 Å². The molecule has 0 spiro atoms. The zero-order chi connectivity index (χ0) is 16.1. The molecule has 0 saturated heterocycles. The third-order valence-corrected chi connectivity index (χ3v) is 4.75. The van der Waals surface area contributed by atoms with Crippen molar-refractivity contribution in [2.75, 3.05) is 29.1 Å². The molecule has 0 bridgehead atoms. The maximum Gasteiger partial charge on any atom is 0.233 e. The first-order valence-corrected chi connectivity index (χ1v) is 9.42. The standard InChI is InChI=1S/C12H14FNO5S2/c1-20(16,17)7-8-21(18,19)14-12-5-4-11(13)9-10(12)3-2-6-15/h4-5,9,14-15H,6-8H2,1H3. The second-order valence-corrected chi connectivity index (χ2v) is 8.30. The third-order valence-electron chi connectivity index (χ3n) is 2.27. The lowest BCUT2D eigenvalue weighted by molar-refractivity contribution is 0.350. The zero-order valence-corrected chi connectivity index (χ0v) is 12.8. The Kier molecular flexibility index (Phi) is 5.71. The summed E-state index contributed by atoms with van der Waals surface area (Å²) in [6, 6.07) is 3.23. The van der Waals surface area contributed by atoms with Gasteiger partial charge in [-0.15, -0.1) is 0 Å². The normalized spacial score (nSPS) is 11.6. The summed E-state index contributed by atoms with van der Waals surface area (Å²) in [5.41, 5.74) is 0.0674. The molecule has 0 radical (unpaired) electrons. The molecule has 116 valence electrons. The van der Waals surface area contributed by atoms with Crippen molar-refractivity contribution in [3.8, 4) is 11.8 Å². The molecule has 0 unspecified atom stereocenters. The molecule has 0 fully saturated rings. The Morgan fingerprint density at radius 1 is 1.24 bits per heavy atom. The van der Waals surface area contributed by atoms with E-state index in [-0.39, 0.29) is 11.3 Å². The molecule has 0 heterocycles. The Hall–Kier alpha value is -1.63. The van der Waals surface area contributed by atoms with Gasteiger partial charge in [-0.05, 0) is 18.2 Å². The number of hydrogen-bond acceptors (Lipinski definition) is 5. The van der Waals surface area contributed by atoms with Crippen LogP contribution in [0.5, 0.6) is 0 Å². The smallest absolute Gasteiger partial charge is 0.233 e. The molecule has 1 aromatic carbocycles. The van der Waals surface area contributed by atoms with Crippen LogP contribution in [0.2, 0.25) is 0 Å². The molecular weight excluding hydrogens is 321 g/mol. The van der Waals surface area contributed by atoms with Gasteiger partial charge in [-0.25, -0.2) is 21.2 Å². The summed E-state index contributed by atoms with van der Waals surface area (Å²) in [5, 5.41) is 8.62. The van der Waals surface area contributed by atoms with Crippen LogP contribution in [0.3, 0.4) is 0 Å². The van der Waals surface area contributed by atoms with Crippen molar-refractivity contribution in [3.63, 3.8) is 0 Å². The van der Waals surface area contributed by atoms with Crippen LogP contribution >= 0.6 is 0 Å². The van der Waals surface area contributed by atoms with E-state index in [2.05, 4.69) is 16.6 Å². The first kappa shape index (κ1) is 17.4. The van der Waals surface area contributed by atoms with E-state index in [0.29, 0.717) is 0 Å². The van der Waals surface area contributed by atoms with Crippen LogP contribution in [0.25, 0.3) is 0 Å². The Balaban J connectivity index is 3.01. The van der Waals surface area contributed by atoms with Gasteiger partial charge in [0.1, 0.15) is 22.3 Å². The second kappa shape index (κ2) is 6.89. The van der Waals surface area contributed by atoms with Crippen molar-refractivity contribution in [1.29, 1.82) is 0 Å². The van der Waals surface area contributed by atoms with E-state index in [1.54, 1.807) is 0 Å². The molecule has 1 rings (SSSR count). The maximum absolute atomic E-state index is 13.1. The largest absolute Gasteiger partial charge is 0.384 e. The number of benzene rings is 1. The van der Waals surface area contributed by atoms with Crippen LogP contribution in [0, 0.1) is 17.7 Å². The number of hydrogen-bond donors (Lipinski definition) is 2. The van der Waals surface area contributed by atoms with E-state index in [4.69, 9.17) is 5.11 Å². The lowest BCUT2D eigenvalue weighted by Crippen LogP contribution is -2.22. The number of sulfonamides is 1. The number of aliphatic hydroxyl groups is 1. The minimum Gasteiger partial charge on any atom is -0.384 e. The van der Waals surface area contributed by atoms with Crippen LogP contribution < -0.4 is 4.72 Å². The average molecular weight is 335 g/mol. The Bertz CT molecular complexity index is 776. The van der Waals surface area contributed by atoms with Crippen LogP contribution in [0.15, 0.2) is 18.2 Å². The fourth-order valence-corrected chi connectivity index (χ4v) is 4.03. The summed E-state index contributed by atoms with van der Waals surface area (Å²) in [4.78, 5) is 0. The summed E-state index contributed by atoms with van der Waals surface area (Å²) in [6.07, 6.45) is 0.929. The number of sulfone groups is 1. The van der Waals surface area contributed by atoms with Crippen LogP contribution in [-0.4, -0.2) is 46.3 Å². The lowest BCUT2D eigenvalue weighted by atomic mass is 10.2. The highest BCUT2D eigenvalue weighted by atomic mass is 32.2. The van der Waals surface area contributed by atoms with Crippen molar-refractivity contribution in [2.24, 2.45) is 0 Å². The van der Waals surface area contributed by atoms with Gasteiger partial charge in [-0.1, -0.05) is 11.8 Å². The van der Waals surface area contributed by atoms with Crippen molar-refractivity contribution in [3.05, 3.63) is 29.6 Å². The molecule has 0 aliphatic rings. The van der Waals surface area contributed by atoms with E-state index >= 15 is 0 Å². The first-order valence-electron chi connectivity index (χ1n) is 5.70. The van der Waals surface area contributed by atoms with Gasteiger partial charge in [-0.2, -0.15) is 0 Å². The minimum absolute atomic E-state index is 0.0193. The highest BCUT2D eigenvalue weighted by Gasteiger charge is 2.16. The number of halogens is 1. The van der Waals surface area contributed by atoms with Gasteiger partial charge in [0.15, 0.2) is 0 Å². The highest BCUT2D eigenvalue weighted by molar-refractivity contribution is 7.95. The van der Waals surface area contributed by atoms with Gasteiger partial charge in [0.25, 0.3) is 0 Å². The zero-order valence-electron chi connectivity index (χ0n) is 11.1. The minimum atomic E-state index is -3.91. The molecule has 2 N–H and O–H groups in total. The van der Waals surface area contributed by atoms with Gasteiger partial charge in [0.2, 0.25) is 10.0 Å². The molecule has 1 aromatic rings. The highest BCUT2D eigenvalue weighted by Crippen LogP contribution is 2.17. The molecule has 9 heteroatoms. The van der Waals surface area contributed by atoms with Crippen molar-refractivity contribution in [2.45, 2.75) is 0 Å². The fourth-order valence-electron chi connectivity index (χ4n) is 1.32. The van der Waals surface area contributed by atoms with E-state index < -0.39 is 43.8 Å². The Labute approximate surface area is 123 Å². The van der Waals surface area contributed by atoms with Crippen molar-refractivity contribution >= 4 is 25.5 Å². The van der Waals surface area contributed by atoms with Gasteiger partial charge in [0, 0.05) is 6.26 Å². The number of nitrogens with one attached hydrogen (secondary N) is 1. The van der Waals surface area contributed by atoms with Gasteiger partial charge >= 0.3 is 0 Å². The fraction of sp³-hybridized carbons (Fsp3) is 0.333. The predicted octanol–water partition coefficient (Wildman–Crippen LogP) is -0.0442. The molecule has 0 atom stereocenters. The molecule has 21 heavy (non-hydrogen) atoms. The monoisotopic (exact) mass is 335 g/mol. The average Bonchev–Trinajstić information content (AvgIpc) is 2.36. The van der Waals surface area contributed by atoms with Crippen molar-refractivity contribution < 1.29 is 26.3 Å². The van der Waals surface area contributed by atoms with Crippen LogP contribution in [0.1, 0.15) is 5.56 Å². The second-order valence-electron chi connectivity index (χ2n) is 4.20. The Morgan fingerprint density at radius 3 is 2.48 bits per heavy atom. The van der Waals surface area contributed by atoms with Crippen molar-refractivity contribution in [1.82, 2.24) is 0 Å². The van der Waals surface area contributed by atoms with E-state index in [1.807, 2.05) is 0 Å². The summed E-state index contributed by atoms with van der Waals surface area (Å²) >= 11 is 0. The molecule has 0 aromatic heterocycles. The first-order chi connectivity index (χ1) is 9.63. The molecule has 0 aliphatic heterocycles. The maximum atomic E-state index is 13.1. The SMILES string of the molecule is CS(=O)(=O)CCS(=O)(=O)Nc1ccc(F)cc1C#CCO. The quantitative estimate of drug-likeness (QED) is 0.735. The van der Waals surface area contributed by atoms with E-state index in [1.165, 1.54) is 6.07 Å². The van der Waals surface area contributed by atoms with Gasteiger partial charge < -0.3 is 5.11 Å². The summed E-state index contributed by atoms with van der Waals surface area (Å²) in [7, 11) is -7.33. The summed E-state index contributed by atoms with van der Waals surface area (Å²) < 4.78 is 60.8. The molecule has 0 saturated carbocycles. The van der Waals surface area contributed by atoms with Gasteiger partial charge in [-0.3, -0.25) is 4.72 Å². The summed E-state index contributed by atoms with van der Waals surface area (Å²) in [5.74, 6) is 2.94. The molecule has 6 nitrogen and oxygen atoms in total. The molecular formula is C12H14FNO5S2. The number of rotatable bonds is 5. The third kappa shape index (κ3) is 6.57. The molecule has 0 amide bonds. The molecule has 0 aliphatic carbocycles. The van der Waals surface area contributed by atoms with Crippen LogP contribution in [0.4, 0.5) is 10.1 Å². The Morgan fingerprint density at radius 2 is 1.90 bits per heavy atom. The number of aliphatic hydroxyl groups excluding tert-OH is 1. The summed E-state index contributed by atoms with van der Waals surface area (Å²) in [6.45, 7) is -0.462. The number of anilines is 1. The van der Waals surface area contributed by atoms with E-state index in [9.17, 15) is 21.2 Å². The van der Waals surface area contributed by atoms with Gasteiger partial charge in [0.05, 0.1) is 22.8 Å². The topological polar surface area (TPSA) is 101 Å². The lowest BCUT2D eigenvalue weighted by Gasteiger charge is -2.09. The van der Waals surface area contributed by atoms with Crippen LogP contribution in [-0.2, 0) is 19.9 Å². The predicted molar refractivity (Wildman–Crippen MR) is 77.5 cm³/mol.